The average Bonchev–Trinajstić information content (AvgIpc) is 2.39. The third-order valence-electron chi connectivity index (χ3n) is 3.33. The minimum atomic E-state index is -1.07. The molecule has 0 heterocycles. The Kier molecular flexibility index (Phi) is 5.76. The van der Waals surface area contributed by atoms with Crippen molar-refractivity contribution in [1.82, 2.24) is 5.32 Å². The summed E-state index contributed by atoms with van der Waals surface area (Å²) >= 11 is 0. The molecule has 5 nitrogen and oxygen atoms in total. The van der Waals surface area contributed by atoms with Gasteiger partial charge in [0.2, 0.25) is 0 Å². The summed E-state index contributed by atoms with van der Waals surface area (Å²) in [4.78, 5) is 23.0. The smallest absolute Gasteiger partial charge is 0.325 e. The molecule has 0 bridgehead atoms. The molecule has 0 saturated carbocycles. The van der Waals surface area contributed by atoms with E-state index in [2.05, 4.69) is 5.32 Å². The molecule has 0 aromatic heterocycles. The van der Waals surface area contributed by atoms with E-state index in [9.17, 15) is 9.59 Å². The SMILES string of the molecule is Cc1ccc(OC(C(=O)NC(C)C(=O)O)C(C)C)cc1C. The van der Waals surface area contributed by atoms with E-state index in [4.69, 9.17) is 9.84 Å². The van der Waals surface area contributed by atoms with Crippen LogP contribution in [0, 0.1) is 19.8 Å². The van der Waals surface area contributed by atoms with Crippen LogP contribution in [-0.4, -0.2) is 29.1 Å². The van der Waals surface area contributed by atoms with E-state index in [-0.39, 0.29) is 5.92 Å². The van der Waals surface area contributed by atoms with Crippen molar-refractivity contribution in [2.75, 3.05) is 0 Å². The second-order valence-corrected chi connectivity index (χ2v) is 5.60. The highest BCUT2D eigenvalue weighted by atomic mass is 16.5. The van der Waals surface area contributed by atoms with Gasteiger partial charge in [-0.2, -0.15) is 0 Å². The van der Waals surface area contributed by atoms with Gasteiger partial charge < -0.3 is 15.2 Å². The van der Waals surface area contributed by atoms with Gasteiger partial charge in [-0.1, -0.05) is 19.9 Å². The van der Waals surface area contributed by atoms with Gasteiger partial charge in [0, 0.05) is 0 Å². The van der Waals surface area contributed by atoms with Crippen LogP contribution in [0.1, 0.15) is 31.9 Å². The van der Waals surface area contributed by atoms with Gasteiger partial charge in [0.15, 0.2) is 6.10 Å². The first kappa shape index (κ1) is 17.0. The molecule has 0 aliphatic carbocycles. The number of carbonyl (C=O) groups excluding carboxylic acids is 1. The van der Waals surface area contributed by atoms with Gasteiger partial charge in [-0.15, -0.1) is 0 Å². The normalized spacial score (nSPS) is 13.6. The highest BCUT2D eigenvalue weighted by Gasteiger charge is 2.27. The van der Waals surface area contributed by atoms with Crippen molar-refractivity contribution in [3.8, 4) is 5.75 Å². The summed E-state index contributed by atoms with van der Waals surface area (Å²) in [5, 5.41) is 11.3. The summed E-state index contributed by atoms with van der Waals surface area (Å²) in [6.45, 7) is 9.11. The number of aliphatic carboxylic acids is 1. The molecule has 0 radical (unpaired) electrons. The second-order valence-electron chi connectivity index (χ2n) is 5.60. The topological polar surface area (TPSA) is 75.6 Å². The average molecular weight is 293 g/mol. The van der Waals surface area contributed by atoms with Gasteiger partial charge in [-0.05, 0) is 49.9 Å². The molecule has 0 aliphatic rings. The minimum Gasteiger partial charge on any atom is -0.480 e. The van der Waals surface area contributed by atoms with E-state index < -0.39 is 24.0 Å². The predicted octanol–water partition coefficient (Wildman–Crippen LogP) is 2.30. The number of ether oxygens (including phenoxy) is 1. The molecule has 0 spiro atoms. The molecule has 2 N–H and O–H groups in total. The number of hydrogen-bond acceptors (Lipinski definition) is 3. The Morgan fingerprint density at radius 2 is 1.76 bits per heavy atom. The van der Waals surface area contributed by atoms with Crippen LogP contribution < -0.4 is 10.1 Å². The van der Waals surface area contributed by atoms with Gasteiger partial charge in [0.1, 0.15) is 11.8 Å². The van der Waals surface area contributed by atoms with Gasteiger partial charge in [0.25, 0.3) is 5.91 Å². The third kappa shape index (κ3) is 4.77. The molecule has 1 rings (SSSR count). The maximum atomic E-state index is 12.2. The van der Waals surface area contributed by atoms with Crippen molar-refractivity contribution in [3.63, 3.8) is 0 Å². The van der Waals surface area contributed by atoms with Crippen LogP contribution >= 0.6 is 0 Å². The molecule has 2 atom stereocenters. The summed E-state index contributed by atoms with van der Waals surface area (Å²) in [5.41, 5.74) is 2.22. The summed E-state index contributed by atoms with van der Waals surface area (Å²) < 4.78 is 5.75. The zero-order valence-electron chi connectivity index (χ0n) is 13.1. The molecule has 1 amide bonds. The van der Waals surface area contributed by atoms with Crippen LogP contribution in [0.15, 0.2) is 18.2 Å². The van der Waals surface area contributed by atoms with Gasteiger partial charge in [-0.25, -0.2) is 0 Å². The number of benzene rings is 1. The Morgan fingerprint density at radius 1 is 1.14 bits per heavy atom. The molecule has 0 saturated heterocycles. The fourth-order valence-electron chi connectivity index (χ4n) is 1.78. The Labute approximate surface area is 125 Å². The molecule has 0 fully saturated rings. The van der Waals surface area contributed by atoms with E-state index in [1.54, 1.807) is 0 Å². The van der Waals surface area contributed by atoms with E-state index in [0.717, 1.165) is 11.1 Å². The van der Waals surface area contributed by atoms with E-state index in [1.165, 1.54) is 6.92 Å². The van der Waals surface area contributed by atoms with Crippen LogP contribution in [-0.2, 0) is 9.59 Å². The summed E-state index contributed by atoms with van der Waals surface area (Å²) in [5.74, 6) is -0.960. The summed E-state index contributed by atoms with van der Waals surface area (Å²) in [7, 11) is 0. The van der Waals surface area contributed by atoms with E-state index >= 15 is 0 Å². The lowest BCUT2D eigenvalue weighted by molar-refractivity contribution is -0.143. The van der Waals surface area contributed by atoms with Crippen LogP contribution in [0.3, 0.4) is 0 Å². The summed E-state index contributed by atoms with van der Waals surface area (Å²) in [6, 6.07) is 4.67. The lowest BCUT2D eigenvalue weighted by Gasteiger charge is -2.23. The van der Waals surface area contributed by atoms with Crippen LogP contribution in [0.25, 0.3) is 0 Å². The Bertz CT molecular complexity index is 525. The number of amides is 1. The molecule has 5 heteroatoms. The predicted molar refractivity (Wildman–Crippen MR) is 80.4 cm³/mol. The standard InChI is InChI=1S/C16H23NO4/c1-9(2)14(15(18)17-12(5)16(19)20)21-13-7-6-10(3)11(4)8-13/h6-9,12,14H,1-5H3,(H,17,18)(H,19,20). The lowest BCUT2D eigenvalue weighted by Crippen LogP contribution is -2.47. The van der Waals surface area contributed by atoms with Crippen molar-refractivity contribution in [2.45, 2.75) is 46.8 Å². The monoisotopic (exact) mass is 293 g/mol. The molecular formula is C16H23NO4. The number of nitrogens with one attached hydrogen (secondary N) is 1. The number of carboxylic acids is 1. The second kappa shape index (κ2) is 7.11. The minimum absolute atomic E-state index is 0.0763. The molecule has 1 aromatic carbocycles. The van der Waals surface area contributed by atoms with E-state index in [0.29, 0.717) is 5.75 Å². The first-order chi connectivity index (χ1) is 9.72. The largest absolute Gasteiger partial charge is 0.480 e. The third-order valence-corrected chi connectivity index (χ3v) is 3.33. The first-order valence-electron chi connectivity index (χ1n) is 6.99. The van der Waals surface area contributed by atoms with Gasteiger partial charge in [-0.3, -0.25) is 9.59 Å². The van der Waals surface area contributed by atoms with Crippen LogP contribution in [0.2, 0.25) is 0 Å². The number of aryl methyl sites for hydroxylation is 2. The fourth-order valence-corrected chi connectivity index (χ4v) is 1.78. The number of rotatable bonds is 6. The summed E-state index contributed by atoms with van der Waals surface area (Å²) in [6.07, 6.45) is -0.728. The van der Waals surface area contributed by atoms with Crippen molar-refractivity contribution < 1.29 is 19.4 Å². The fraction of sp³-hybridized carbons (Fsp3) is 0.500. The Morgan fingerprint density at radius 3 is 2.24 bits per heavy atom. The van der Waals surface area contributed by atoms with Crippen LogP contribution in [0.4, 0.5) is 0 Å². The van der Waals surface area contributed by atoms with Crippen molar-refractivity contribution >= 4 is 11.9 Å². The maximum absolute atomic E-state index is 12.2. The molecule has 0 aliphatic heterocycles. The van der Waals surface area contributed by atoms with Crippen LogP contribution in [0.5, 0.6) is 5.75 Å². The van der Waals surface area contributed by atoms with Gasteiger partial charge in [0.05, 0.1) is 0 Å². The zero-order chi connectivity index (χ0) is 16.2. The Hall–Kier alpha value is -2.04. The van der Waals surface area contributed by atoms with Crippen molar-refractivity contribution in [2.24, 2.45) is 5.92 Å². The lowest BCUT2D eigenvalue weighted by atomic mass is 10.1. The quantitative estimate of drug-likeness (QED) is 0.844. The number of carbonyl (C=O) groups is 2. The van der Waals surface area contributed by atoms with Crippen molar-refractivity contribution in [1.29, 1.82) is 0 Å². The highest BCUT2D eigenvalue weighted by Crippen LogP contribution is 2.20. The maximum Gasteiger partial charge on any atom is 0.325 e. The van der Waals surface area contributed by atoms with E-state index in [1.807, 2.05) is 45.9 Å². The molecule has 21 heavy (non-hydrogen) atoms. The number of carboxylic acid groups (broad SMARTS) is 1. The molecule has 2 unspecified atom stereocenters. The molecule has 116 valence electrons. The first-order valence-corrected chi connectivity index (χ1v) is 6.99. The molecule has 1 aromatic rings. The number of hydrogen-bond donors (Lipinski definition) is 2. The Balaban J connectivity index is 2.84. The van der Waals surface area contributed by atoms with Crippen molar-refractivity contribution in [3.05, 3.63) is 29.3 Å². The molecular weight excluding hydrogens is 270 g/mol. The van der Waals surface area contributed by atoms with Gasteiger partial charge >= 0.3 is 5.97 Å². The highest BCUT2D eigenvalue weighted by molar-refractivity contribution is 5.86. The zero-order valence-corrected chi connectivity index (χ0v) is 13.1.